The zero-order valence-corrected chi connectivity index (χ0v) is 15.9. The van der Waals surface area contributed by atoms with Crippen LogP contribution in [0.3, 0.4) is 0 Å². The molecule has 2 N–H and O–H groups in total. The molecule has 1 amide bonds. The second-order valence-electron chi connectivity index (χ2n) is 7.59. The van der Waals surface area contributed by atoms with Gasteiger partial charge in [0.1, 0.15) is 5.75 Å². The van der Waals surface area contributed by atoms with Crippen molar-refractivity contribution in [2.45, 2.75) is 58.1 Å². The Morgan fingerprint density at radius 2 is 1.88 bits per heavy atom. The van der Waals surface area contributed by atoms with Gasteiger partial charge in [0.15, 0.2) is 6.10 Å². The predicted octanol–water partition coefficient (Wildman–Crippen LogP) is 2.75. The lowest BCUT2D eigenvalue weighted by Gasteiger charge is -2.30. The van der Waals surface area contributed by atoms with Gasteiger partial charge >= 0.3 is 5.97 Å². The van der Waals surface area contributed by atoms with Crippen LogP contribution in [0.25, 0.3) is 0 Å². The van der Waals surface area contributed by atoms with Crippen LogP contribution < -0.4 is 10.1 Å². The van der Waals surface area contributed by atoms with Gasteiger partial charge in [-0.3, -0.25) is 9.59 Å². The van der Waals surface area contributed by atoms with Gasteiger partial charge in [0.25, 0.3) is 5.91 Å². The number of carbonyl (C=O) groups excluding carboxylic acids is 1. The van der Waals surface area contributed by atoms with Gasteiger partial charge in [-0.15, -0.1) is 0 Å². The summed E-state index contributed by atoms with van der Waals surface area (Å²) in [6.07, 6.45) is -1.00. The number of amides is 1. The van der Waals surface area contributed by atoms with Crippen molar-refractivity contribution in [2.75, 3.05) is 13.7 Å². The molecule has 0 aliphatic rings. The SMILES string of the molecule is COCC(C)(CC(=O)O)NC(=O)C(C)Oc1cccc(C(C)(C)C)c1. The van der Waals surface area contributed by atoms with Gasteiger partial charge in [0.2, 0.25) is 0 Å². The first-order chi connectivity index (χ1) is 11.5. The third-order valence-electron chi connectivity index (χ3n) is 3.81. The van der Waals surface area contributed by atoms with E-state index in [9.17, 15) is 9.59 Å². The van der Waals surface area contributed by atoms with E-state index in [1.807, 2.05) is 18.2 Å². The number of methoxy groups -OCH3 is 1. The molecule has 0 bridgehead atoms. The van der Waals surface area contributed by atoms with Crippen LogP contribution in [0, 0.1) is 0 Å². The largest absolute Gasteiger partial charge is 0.481 e. The van der Waals surface area contributed by atoms with Crippen LogP contribution in [-0.2, 0) is 19.7 Å². The number of aliphatic carboxylic acids is 1. The molecule has 1 aromatic carbocycles. The highest BCUT2D eigenvalue weighted by Crippen LogP contribution is 2.26. The van der Waals surface area contributed by atoms with Gasteiger partial charge in [-0.1, -0.05) is 32.9 Å². The van der Waals surface area contributed by atoms with Gasteiger partial charge in [-0.25, -0.2) is 0 Å². The third kappa shape index (κ3) is 6.74. The minimum Gasteiger partial charge on any atom is -0.481 e. The molecule has 25 heavy (non-hydrogen) atoms. The molecule has 0 aliphatic heterocycles. The standard InChI is InChI=1S/C19H29NO5/c1-13(17(23)20-19(5,12-24-6)11-16(21)22)25-15-9-7-8-14(10-15)18(2,3)4/h7-10,13H,11-12H2,1-6H3,(H,20,23)(H,21,22). The maximum Gasteiger partial charge on any atom is 0.305 e. The Kier molecular flexibility index (Phi) is 6.99. The summed E-state index contributed by atoms with van der Waals surface area (Å²) in [4.78, 5) is 23.4. The van der Waals surface area contributed by atoms with Crippen molar-refractivity contribution in [3.63, 3.8) is 0 Å². The van der Waals surface area contributed by atoms with E-state index in [-0.39, 0.29) is 24.3 Å². The van der Waals surface area contributed by atoms with E-state index >= 15 is 0 Å². The molecule has 6 heteroatoms. The van der Waals surface area contributed by atoms with Gasteiger partial charge in [0, 0.05) is 7.11 Å². The average Bonchev–Trinajstić information content (AvgIpc) is 2.45. The molecule has 0 radical (unpaired) electrons. The molecule has 0 saturated carbocycles. The quantitative estimate of drug-likeness (QED) is 0.752. The highest BCUT2D eigenvalue weighted by atomic mass is 16.5. The molecule has 1 rings (SSSR count). The molecule has 140 valence electrons. The number of ether oxygens (including phenoxy) is 2. The number of rotatable bonds is 8. The number of carbonyl (C=O) groups is 2. The number of carboxylic acids is 1. The highest BCUT2D eigenvalue weighted by Gasteiger charge is 2.31. The summed E-state index contributed by atoms with van der Waals surface area (Å²) in [5, 5.41) is 11.8. The van der Waals surface area contributed by atoms with Crippen LogP contribution >= 0.6 is 0 Å². The van der Waals surface area contributed by atoms with Crippen LogP contribution in [0.2, 0.25) is 0 Å². The van der Waals surface area contributed by atoms with Crippen molar-refractivity contribution in [1.82, 2.24) is 5.32 Å². The first kappa shape index (κ1) is 21.0. The van der Waals surface area contributed by atoms with Gasteiger partial charge in [-0.2, -0.15) is 0 Å². The van der Waals surface area contributed by atoms with E-state index in [1.54, 1.807) is 19.9 Å². The summed E-state index contributed by atoms with van der Waals surface area (Å²) in [7, 11) is 1.46. The Hall–Kier alpha value is -2.08. The molecule has 0 aliphatic carbocycles. The molecule has 2 unspecified atom stereocenters. The summed E-state index contributed by atoms with van der Waals surface area (Å²) < 4.78 is 10.8. The summed E-state index contributed by atoms with van der Waals surface area (Å²) in [6, 6.07) is 7.61. The molecule has 6 nitrogen and oxygen atoms in total. The molecular weight excluding hydrogens is 322 g/mol. The Labute approximate surface area is 149 Å². The lowest BCUT2D eigenvalue weighted by atomic mass is 9.87. The molecule has 0 saturated heterocycles. The normalized spacial score (nSPS) is 15.1. The molecule has 0 spiro atoms. The molecule has 0 aromatic heterocycles. The predicted molar refractivity (Wildman–Crippen MR) is 95.9 cm³/mol. The topological polar surface area (TPSA) is 84.9 Å². The summed E-state index contributed by atoms with van der Waals surface area (Å²) in [5.41, 5.74) is 0.0825. The highest BCUT2D eigenvalue weighted by molar-refractivity contribution is 5.82. The van der Waals surface area contributed by atoms with Gasteiger partial charge < -0.3 is 19.9 Å². The van der Waals surface area contributed by atoms with E-state index in [1.165, 1.54) is 7.11 Å². The van der Waals surface area contributed by atoms with Gasteiger partial charge in [-0.05, 0) is 37.0 Å². The number of nitrogens with one attached hydrogen (secondary N) is 1. The molecule has 0 heterocycles. The van der Waals surface area contributed by atoms with Crippen molar-refractivity contribution >= 4 is 11.9 Å². The molecule has 0 fully saturated rings. The van der Waals surface area contributed by atoms with Crippen molar-refractivity contribution in [2.24, 2.45) is 0 Å². The van der Waals surface area contributed by atoms with E-state index < -0.39 is 17.6 Å². The Bertz CT molecular complexity index is 608. The van der Waals surface area contributed by atoms with Crippen LogP contribution in [0.15, 0.2) is 24.3 Å². The van der Waals surface area contributed by atoms with Crippen LogP contribution in [0.4, 0.5) is 0 Å². The fourth-order valence-electron chi connectivity index (χ4n) is 2.48. The van der Waals surface area contributed by atoms with Crippen LogP contribution in [0.5, 0.6) is 5.75 Å². The minimum absolute atomic E-state index is 0.0244. The summed E-state index contributed by atoms with van der Waals surface area (Å²) in [6.45, 7) is 9.67. The Morgan fingerprint density at radius 3 is 2.40 bits per heavy atom. The fourth-order valence-corrected chi connectivity index (χ4v) is 2.48. The lowest BCUT2D eigenvalue weighted by Crippen LogP contribution is -2.54. The van der Waals surface area contributed by atoms with E-state index in [4.69, 9.17) is 14.6 Å². The summed E-state index contributed by atoms with van der Waals surface area (Å²) >= 11 is 0. The van der Waals surface area contributed by atoms with Crippen molar-refractivity contribution < 1.29 is 24.2 Å². The molecular formula is C19H29NO5. The lowest BCUT2D eigenvalue weighted by molar-refractivity contribution is -0.140. The Balaban J connectivity index is 2.81. The monoisotopic (exact) mass is 351 g/mol. The molecule has 1 aromatic rings. The first-order valence-corrected chi connectivity index (χ1v) is 8.27. The first-order valence-electron chi connectivity index (χ1n) is 8.27. The maximum absolute atomic E-state index is 12.4. The van der Waals surface area contributed by atoms with Crippen molar-refractivity contribution in [3.8, 4) is 5.75 Å². The average molecular weight is 351 g/mol. The van der Waals surface area contributed by atoms with E-state index in [0.29, 0.717) is 5.75 Å². The van der Waals surface area contributed by atoms with Crippen LogP contribution in [0.1, 0.15) is 46.6 Å². The fraction of sp³-hybridized carbons (Fsp3) is 0.579. The second-order valence-corrected chi connectivity index (χ2v) is 7.59. The number of hydrogen-bond acceptors (Lipinski definition) is 4. The van der Waals surface area contributed by atoms with Gasteiger partial charge in [0.05, 0.1) is 18.6 Å². The number of benzene rings is 1. The minimum atomic E-state index is -1.01. The summed E-state index contributed by atoms with van der Waals surface area (Å²) in [5.74, 6) is -0.796. The zero-order valence-electron chi connectivity index (χ0n) is 15.9. The van der Waals surface area contributed by atoms with Crippen LogP contribution in [-0.4, -0.2) is 42.3 Å². The zero-order chi connectivity index (χ0) is 19.3. The number of carboxylic acid groups (broad SMARTS) is 1. The van der Waals surface area contributed by atoms with Crippen molar-refractivity contribution in [3.05, 3.63) is 29.8 Å². The second kappa shape index (κ2) is 8.34. The maximum atomic E-state index is 12.4. The van der Waals surface area contributed by atoms with E-state index in [0.717, 1.165) is 5.56 Å². The van der Waals surface area contributed by atoms with E-state index in [2.05, 4.69) is 26.1 Å². The van der Waals surface area contributed by atoms with Crippen molar-refractivity contribution in [1.29, 1.82) is 0 Å². The third-order valence-corrected chi connectivity index (χ3v) is 3.81. The molecule has 2 atom stereocenters. The smallest absolute Gasteiger partial charge is 0.305 e. The number of hydrogen-bond donors (Lipinski definition) is 2. The Morgan fingerprint density at radius 1 is 1.24 bits per heavy atom.